The van der Waals surface area contributed by atoms with E-state index in [0.717, 1.165) is 17.7 Å². The highest BCUT2D eigenvalue weighted by atomic mass is 35.5. The number of ether oxygens (including phenoxy) is 1. The van der Waals surface area contributed by atoms with Gasteiger partial charge < -0.3 is 4.74 Å². The second kappa shape index (κ2) is 7.94. The van der Waals surface area contributed by atoms with Gasteiger partial charge in [-0.3, -0.25) is 19.3 Å². The van der Waals surface area contributed by atoms with Gasteiger partial charge in [0.2, 0.25) is 5.91 Å². The van der Waals surface area contributed by atoms with E-state index < -0.39 is 6.04 Å². The standard InChI is InChI=1S/C18H20Cl2N2O4/c1-2-26-18(25)11-5-4-8-21(10-11)14-9-15(23)22(17(14)24)13-7-3-6-12(19)16(13)20/h3,6-7,11,14H,2,4-5,8-10H2,1H3/t11-,14-/m1/s1. The summed E-state index contributed by atoms with van der Waals surface area (Å²) in [6.07, 6.45) is 1.57. The van der Waals surface area contributed by atoms with Crippen molar-refractivity contribution in [1.82, 2.24) is 4.90 Å². The normalized spacial score (nSPS) is 24.2. The number of esters is 1. The van der Waals surface area contributed by atoms with E-state index in [1.54, 1.807) is 25.1 Å². The summed E-state index contributed by atoms with van der Waals surface area (Å²) in [5.74, 6) is -1.16. The first kappa shape index (κ1) is 19.1. The molecule has 2 fully saturated rings. The Bertz CT molecular complexity index is 740. The summed E-state index contributed by atoms with van der Waals surface area (Å²) in [4.78, 5) is 40.5. The van der Waals surface area contributed by atoms with Crippen LogP contribution in [0.3, 0.4) is 0 Å². The lowest BCUT2D eigenvalue weighted by Crippen LogP contribution is -2.48. The first-order chi connectivity index (χ1) is 12.4. The third-order valence-corrected chi connectivity index (χ3v) is 5.62. The maximum absolute atomic E-state index is 12.9. The van der Waals surface area contributed by atoms with Crippen molar-refractivity contribution in [2.75, 3.05) is 24.6 Å². The van der Waals surface area contributed by atoms with E-state index >= 15 is 0 Å². The largest absolute Gasteiger partial charge is 0.466 e. The van der Waals surface area contributed by atoms with Crippen LogP contribution in [0.2, 0.25) is 10.0 Å². The van der Waals surface area contributed by atoms with Crippen LogP contribution in [0.4, 0.5) is 5.69 Å². The molecule has 2 amide bonds. The molecule has 0 saturated carbocycles. The second-order valence-electron chi connectivity index (χ2n) is 6.45. The molecular weight excluding hydrogens is 379 g/mol. The molecule has 2 aliphatic rings. The van der Waals surface area contributed by atoms with Crippen LogP contribution < -0.4 is 4.90 Å². The molecule has 2 saturated heterocycles. The van der Waals surface area contributed by atoms with E-state index in [4.69, 9.17) is 27.9 Å². The number of benzene rings is 1. The monoisotopic (exact) mass is 398 g/mol. The summed E-state index contributed by atoms with van der Waals surface area (Å²) in [6.45, 7) is 3.18. The van der Waals surface area contributed by atoms with Crippen molar-refractivity contribution in [3.8, 4) is 0 Å². The van der Waals surface area contributed by atoms with Gasteiger partial charge in [0.15, 0.2) is 0 Å². The zero-order valence-corrected chi connectivity index (χ0v) is 15.9. The number of amides is 2. The van der Waals surface area contributed by atoms with E-state index in [2.05, 4.69) is 0 Å². The maximum Gasteiger partial charge on any atom is 0.310 e. The Morgan fingerprint density at radius 1 is 1.31 bits per heavy atom. The lowest BCUT2D eigenvalue weighted by molar-refractivity contribution is -0.150. The van der Waals surface area contributed by atoms with Crippen molar-refractivity contribution >= 4 is 46.7 Å². The van der Waals surface area contributed by atoms with Crippen molar-refractivity contribution < 1.29 is 19.1 Å². The van der Waals surface area contributed by atoms with Crippen molar-refractivity contribution in [3.05, 3.63) is 28.2 Å². The Morgan fingerprint density at radius 3 is 2.81 bits per heavy atom. The molecule has 2 heterocycles. The van der Waals surface area contributed by atoms with Gasteiger partial charge in [-0.25, -0.2) is 4.90 Å². The van der Waals surface area contributed by atoms with Crippen molar-refractivity contribution in [1.29, 1.82) is 0 Å². The third-order valence-electron chi connectivity index (χ3n) is 4.81. The van der Waals surface area contributed by atoms with Crippen LogP contribution in [0.25, 0.3) is 0 Å². The van der Waals surface area contributed by atoms with Crippen molar-refractivity contribution in [2.45, 2.75) is 32.2 Å². The number of piperidine rings is 1. The number of rotatable bonds is 4. The molecule has 2 atom stereocenters. The molecule has 0 radical (unpaired) electrons. The molecule has 0 N–H and O–H groups in total. The van der Waals surface area contributed by atoms with Gasteiger partial charge in [-0.2, -0.15) is 0 Å². The fourth-order valence-electron chi connectivity index (χ4n) is 3.56. The number of anilines is 1. The zero-order valence-electron chi connectivity index (χ0n) is 14.4. The molecule has 0 unspecified atom stereocenters. The highest BCUT2D eigenvalue weighted by molar-refractivity contribution is 6.44. The Labute approximate surface area is 162 Å². The fraction of sp³-hybridized carbons (Fsp3) is 0.500. The Balaban J connectivity index is 1.78. The SMILES string of the molecule is CCOC(=O)[C@@H]1CCCN([C@@H]2CC(=O)N(c3cccc(Cl)c3Cl)C2=O)C1. The fourth-order valence-corrected chi connectivity index (χ4v) is 3.94. The van der Waals surface area contributed by atoms with E-state index in [9.17, 15) is 14.4 Å². The van der Waals surface area contributed by atoms with Crippen LogP contribution in [0.1, 0.15) is 26.2 Å². The van der Waals surface area contributed by atoms with Crippen molar-refractivity contribution in [2.24, 2.45) is 5.92 Å². The topological polar surface area (TPSA) is 66.9 Å². The van der Waals surface area contributed by atoms with Crippen molar-refractivity contribution in [3.63, 3.8) is 0 Å². The molecule has 3 rings (SSSR count). The van der Waals surface area contributed by atoms with Gasteiger partial charge in [0, 0.05) is 6.54 Å². The summed E-state index contributed by atoms with van der Waals surface area (Å²) < 4.78 is 5.10. The predicted octanol–water partition coefficient (Wildman–Crippen LogP) is 2.90. The Morgan fingerprint density at radius 2 is 2.08 bits per heavy atom. The van der Waals surface area contributed by atoms with E-state index in [1.165, 1.54) is 0 Å². The molecule has 26 heavy (non-hydrogen) atoms. The first-order valence-corrected chi connectivity index (χ1v) is 9.41. The van der Waals surface area contributed by atoms with E-state index in [1.807, 2.05) is 4.90 Å². The van der Waals surface area contributed by atoms with Gasteiger partial charge >= 0.3 is 5.97 Å². The number of hydrogen-bond donors (Lipinski definition) is 0. The Hall–Kier alpha value is -1.63. The number of hydrogen-bond acceptors (Lipinski definition) is 5. The molecule has 0 aromatic heterocycles. The van der Waals surface area contributed by atoms with E-state index in [-0.39, 0.29) is 40.2 Å². The lowest BCUT2D eigenvalue weighted by Gasteiger charge is -2.34. The van der Waals surface area contributed by atoms with E-state index in [0.29, 0.717) is 25.4 Å². The predicted molar refractivity (Wildman–Crippen MR) is 98.3 cm³/mol. The number of likely N-dealkylation sites (tertiary alicyclic amines) is 1. The van der Waals surface area contributed by atoms with Crippen LogP contribution in [0.5, 0.6) is 0 Å². The number of carbonyl (C=O) groups excluding carboxylic acids is 3. The van der Waals surface area contributed by atoms with Gasteiger partial charge in [-0.05, 0) is 38.4 Å². The number of carbonyl (C=O) groups is 3. The minimum absolute atomic E-state index is 0.0667. The molecule has 0 aliphatic carbocycles. The average Bonchev–Trinajstić information content (AvgIpc) is 2.92. The number of nitrogens with zero attached hydrogens (tertiary/aromatic N) is 2. The van der Waals surface area contributed by atoms with Crippen LogP contribution in [-0.2, 0) is 19.1 Å². The Kier molecular flexibility index (Phi) is 5.85. The maximum atomic E-state index is 12.9. The third kappa shape index (κ3) is 3.59. The second-order valence-corrected chi connectivity index (χ2v) is 7.23. The van der Waals surface area contributed by atoms with Crippen LogP contribution in [0, 0.1) is 5.92 Å². The number of halogens is 2. The molecule has 6 nitrogen and oxygen atoms in total. The smallest absolute Gasteiger partial charge is 0.310 e. The molecule has 0 spiro atoms. The highest BCUT2D eigenvalue weighted by Gasteiger charge is 2.45. The van der Waals surface area contributed by atoms with Gasteiger partial charge in [0.05, 0.1) is 40.7 Å². The summed E-state index contributed by atoms with van der Waals surface area (Å²) in [5.41, 5.74) is 0.301. The summed E-state index contributed by atoms with van der Waals surface area (Å²) in [7, 11) is 0. The summed E-state index contributed by atoms with van der Waals surface area (Å²) in [6, 6.07) is 4.26. The minimum Gasteiger partial charge on any atom is -0.466 e. The molecule has 8 heteroatoms. The molecule has 0 bridgehead atoms. The van der Waals surface area contributed by atoms with Crippen LogP contribution in [-0.4, -0.2) is 48.4 Å². The average molecular weight is 399 g/mol. The van der Waals surface area contributed by atoms with Gasteiger partial charge in [0.1, 0.15) is 0 Å². The molecule has 1 aromatic rings. The van der Waals surface area contributed by atoms with Crippen LogP contribution in [0.15, 0.2) is 18.2 Å². The molecular formula is C18H20Cl2N2O4. The van der Waals surface area contributed by atoms with Gasteiger partial charge in [0.25, 0.3) is 5.91 Å². The van der Waals surface area contributed by atoms with Gasteiger partial charge in [-0.1, -0.05) is 29.3 Å². The molecule has 140 valence electrons. The minimum atomic E-state index is -0.588. The first-order valence-electron chi connectivity index (χ1n) is 8.65. The zero-order chi connectivity index (χ0) is 18.8. The quantitative estimate of drug-likeness (QED) is 0.576. The number of imide groups is 1. The highest BCUT2D eigenvalue weighted by Crippen LogP contribution is 2.36. The molecule has 1 aromatic carbocycles. The summed E-state index contributed by atoms with van der Waals surface area (Å²) in [5, 5.41) is 0.466. The van der Waals surface area contributed by atoms with Gasteiger partial charge in [-0.15, -0.1) is 0 Å². The summed E-state index contributed by atoms with van der Waals surface area (Å²) >= 11 is 12.2. The lowest BCUT2D eigenvalue weighted by atomic mass is 9.96. The van der Waals surface area contributed by atoms with Crippen LogP contribution >= 0.6 is 23.2 Å². The molecule has 2 aliphatic heterocycles.